The van der Waals surface area contributed by atoms with Crippen molar-refractivity contribution in [3.05, 3.63) is 94.0 Å². The van der Waals surface area contributed by atoms with Gasteiger partial charge in [0.05, 0.1) is 23.7 Å². The van der Waals surface area contributed by atoms with E-state index in [9.17, 15) is 9.35 Å². The summed E-state index contributed by atoms with van der Waals surface area (Å²) in [6, 6.07) is 12.0. The Labute approximate surface area is 305 Å². The third-order valence-electron chi connectivity index (χ3n) is 11.6. The van der Waals surface area contributed by atoms with Crippen molar-refractivity contribution in [1.82, 2.24) is 19.6 Å². The first kappa shape index (κ1) is 35.3. The van der Waals surface area contributed by atoms with Gasteiger partial charge in [-0.05, 0) is 91.8 Å². The first-order valence-corrected chi connectivity index (χ1v) is 20.0. The number of rotatable bonds is 5. The zero-order chi connectivity index (χ0) is 34.8. The Balaban J connectivity index is 1.22. The van der Waals surface area contributed by atoms with Crippen LogP contribution in [0.25, 0.3) is 0 Å². The largest absolute Gasteiger partial charge is 0.593 e. The fourth-order valence-corrected chi connectivity index (χ4v) is 9.57. The van der Waals surface area contributed by atoms with Crippen LogP contribution in [0.2, 0.25) is 5.02 Å². The summed E-state index contributed by atoms with van der Waals surface area (Å²) in [4.78, 5) is 27.4. The second-order valence-corrected chi connectivity index (χ2v) is 16.9. The normalized spacial score (nSPS) is 29.4. The number of anilines is 1. The topological polar surface area (TPSA) is 93.7 Å². The van der Waals surface area contributed by atoms with E-state index in [0.717, 1.165) is 74.9 Å². The molecular formula is C40H50ClN5O3S. The highest BCUT2D eigenvalue weighted by molar-refractivity contribution is 7.90. The van der Waals surface area contributed by atoms with Crippen LogP contribution in [0, 0.1) is 23.7 Å². The number of carbonyl (C=O) groups is 1. The third kappa shape index (κ3) is 7.71. The van der Waals surface area contributed by atoms with Crippen LogP contribution in [0.4, 0.5) is 5.69 Å². The van der Waals surface area contributed by atoms with Crippen molar-refractivity contribution in [1.29, 1.82) is 0 Å². The third-order valence-corrected chi connectivity index (χ3v) is 13.4. The van der Waals surface area contributed by atoms with E-state index in [-0.39, 0.29) is 23.0 Å². The van der Waals surface area contributed by atoms with E-state index in [4.69, 9.17) is 16.3 Å². The van der Waals surface area contributed by atoms with Gasteiger partial charge in [0, 0.05) is 79.0 Å². The molecule has 1 fully saturated rings. The van der Waals surface area contributed by atoms with Crippen molar-refractivity contribution in [3.63, 3.8) is 0 Å². The molecule has 1 aliphatic carbocycles. The molecule has 1 amide bonds. The van der Waals surface area contributed by atoms with Gasteiger partial charge in [-0.25, -0.2) is 9.97 Å². The van der Waals surface area contributed by atoms with Gasteiger partial charge in [-0.1, -0.05) is 50.1 Å². The number of hydrogen-bond donors (Lipinski definition) is 1. The SMILES string of the molecule is CCCc1cc(Cl)ccc1C1COc2ccc3cc2N(C1)CC1CCC1C(CN1CCc2ncncc2C1)/C=C/CC(C)C(C)[S+]([O-])NC3=O. The highest BCUT2D eigenvalue weighted by Gasteiger charge is 2.40. The van der Waals surface area contributed by atoms with Gasteiger partial charge in [0.2, 0.25) is 0 Å². The predicted octanol–water partition coefficient (Wildman–Crippen LogP) is 7.14. The lowest BCUT2D eigenvalue weighted by molar-refractivity contribution is 0.0964. The molecule has 7 unspecified atom stereocenters. The number of benzene rings is 2. The van der Waals surface area contributed by atoms with Gasteiger partial charge < -0.3 is 14.2 Å². The molecule has 0 spiro atoms. The van der Waals surface area contributed by atoms with Gasteiger partial charge in [-0.15, -0.1) is 0 Å². The molecule has 3 aromatic rings. The number of nitrogens with zero attached hydrogens (tertiary/aromatic N) is 4. The molecule has 7 atom stereocenters. The fourth-order valence-electron chi connectivity index (χ4n) is 8.35. The maximum absolute atomic E-state index is 13.5. The van der Waals surface area contributed by atoms with E-state index in [1.54, 1.807) is 12.4 Å². The zero-order valence-corrected chi connectivity index (χ0v) is 31.1. The minimum Gasteiger partial charge on any atom is -0.593 e. The van der Waals surface area contributed by atoms with Crippen LogP contribution in [0.3, 0.4) is 0 Å². The Morgan fingerprint density at radius 3 is 2.84 bits per heavy atom. The van der Waals surface area contributed by atoms with Gasteiger partial charge in [0.15, 0.2) is 0 Å². The molecule has 4 heterocycles. The van der Waals surface area contributed by atoms with Crippen molar-refractivity contribution >= 4 is 34.6 Å². The number of allylic oxidation sites excluding steroid dienone is 1. The second-order valence-electron chi connectivity index (χ2n) is 14.9. The number of aromatic nitrogens is 2. The molecule has 4 aliphatic rings. The molecule has 2 bridgehead atoms. The van der Waals surface area contributed by atoms with Gasteiger partial charge in [0.1, 0.15) is 17.3 Å². The highest BCUT2D eigenvalue weighted by atomic mass is 35.5. The molecule has 10 heteroatoms. The van der Waals surface area contributed by atoms with Crippen LogP contribution in [0.5, 0.6) is 5.75 Å². The van der Waals surface area contributed by atoms with E-state index in [2.05, 4.69) is 62.6 Å². The van der Waals surface area contributed by atoms with Gasteiger partial charge in [0.25, 0.3) is 5.91 Å². The molecule has 0 saturated heterocycles. The van der Waals surface area contributed by atoms with Crippen molar-refractivity contribution in [2.45, 2.75) is 77.0 Å². The summed E-state index contributed by atoms with van der Waals surface area (Å²) >= 11 is 4.97. The lowest BCUT2D eigenvalue weighted by Crippen LogP contribution is -2.45. The molecule has 1 saturated carbocycles. The molecule has 1 aromatic heterocycles. The molecule has 3 aliphatic heterocycles. The molecule has 1 N–H and O–H groups in total. The maximum Gasteiger partial charge on any atom is 0.292 e. The van der Waals surface area contributed by atoms with Crippen LogP contribution in [-0.4, -0.2) is 63.4 Å². The van der Waals surface area contributed by atoms with Crippen molar-refractivity contribution in [2.75, 3.05) is 37.7 Å². The monoisotopic (exact) mass is 715 g/mol. The highest BCUT2D eigenvalue weighted by Crippen LogP contribution is 2.45. The summed E-state index contributed by atoms with van der Waals surface area (Å²) in [5, 5.41) is 0.570. The van der Waals surface area contributed by atoms with E-state index in [1.165, 1.54) is 35.2 Å². The van der Waals surface area contributed by atoms with Crippen LogP contribution in [-0.2, 0) is 30.7 Å². The Morgan fingerprint density at radius 1 is 1.14 bits per heavy atom. The average Bonchev–Trinajstić information content (AvgIpc) is 3.28. The quantitative estimate of drug-likeness (QED) is 0.222. The lowest BCUT2D eigenvalue weighted by Gasteiger charge is -2.45. The summed E-state index contributed by atoms with van der Waals surface area (Å²) < 4.78 is 22.8. The van der Waals surface area contributed by atoms with Gasteiger partial charge in [-0.3, -0.25) is 9.69 Å². The number of carbonyl (C=O) groups excluding carboxylic acids is 1. The number of amides is 1. The van der Waals surface area contributed by atoms with E-state index < -0.39 is 11.4 Å². The summed E-state index contributed by atoms with van der Waals surface area (Å²) in [6.07, 6.45) is 14.6. The first-order chi connectivity index (χ1) is 24.3. The minimum atomic E-state index is -1.52. The lowest BCUT2D eigenvalue weighted by atomic mass is 9.66. The van der Waals surface area contributed by atoms with Gasteiger partial charge in [-0.2, -0.15) is 4.72 Å². The van der Waals surface area contributed by atoms with Crippen molar-refractivity contribution < 1.29 is 14.1 Å². The first-order valence-electron chi connectivity index (χ1n) is 18.5. The van der Waals surface area contributed by atoms with Crippen molar-refractivity contribution in [3.8, 4) is 5.75 Å². The number of nitrogens with one attached hydrogen (secondary N) is 1. The Bertz CT molecular complexity index is 1710. The predicted molar refractivity (Wildman–Crippen MR) is 201 cm³/mol. The van der Waals surface area contributed by atoms with Crippen LogP contribution in [0.1, 0.15) is 85.1 Å². The molecule has 7 rings (SSSR count). The zero-order valence-electron chi connectivity index (χ0n) is 29.5. The second kappa shape index (κ2) is 15.6. The number of halogens is 1. The molecule has 8 nitrogen and oxygen atoms in total. The Hall–Kier alpha value is -3.11. The Morgan fingerprint density at radius 2 is 2.02 bits per heavy atom. The smallest absolute Gasteiger partial charge is 0.292 e. The number of ether oxygens (including phenoxy) is 1. The number of aryl methyl sites for hydroxylation is 1. The van der Waals surface area contributed by atoms with Crippen LogP contribution < -0.4 is 14.4 Å². The standard InChI is InChI=1S/C40H50ClN5O3S/c1-4-6-28-17-34(41)11-13-35(28)33-23-46-22-31-9-12-36(31)30(20-45-16-15-37-32(21-45)19-42-25-43-37)8-5-7-26(2)27(3)50(48)44-40(47)29-10-14-39(49-24-33)38(46)18-29/h5,8,10-11,13-14,17-19,25-27,30-31,33,36H,4,6-7,9,12,15-16,20-24H2,1-3H3,(H,44,47)/b8-5+. The van der Waals surface area contributed by atoms with Crippen molar-refractivity contribution in [2.24, 2.45) is 23.7 Å². The molecule has 50 heavy (non-hydrogen) atoms. The fraction of sp³-hybridized carbons (Fsp3) is 0.525. The molecular weight excluding hydrogens is 666 g/mol. The average molecular weight is 716 g/mol. The summed E-state index contributed by atoms with van der Waals surface area (Å²) in [6.45, 7) is 11.4. The van der Waals surface area contributed by atoms with Crippen LogP contribution >= 0.6 is 11.6 Å². The van der Waals surface area contributed by atoms with Crippen LogP contribution in [0.15, 0.2) is 61.1 Å². The maximum atomic E-state index is 13.5. The van der Waals surface area contributed by atoms with E-state index in [1.807, 2.05) is 31.3 Å². The molecule has 266 valence electrons. The summed E-state index contributed by atoms with van der Waals surface area (Å²) in [5.74, 6) is 2.22. The van der Waals surface area contributed by atoms with E-state index in [0.29, 0.717) is 29.9 Å². The number of hydrogen-bond acceptors (Lipinski definition) is 7. The number of fused-ring (bicyclic) bond motifs is 3. The minimum absolute atomic E-state index is 0.142. The molecule has 0 radical (unpaired) electrons. The molecule has 2 aromatic carbocycles. The Kier molecular flexibility index (Phi) is 11.0. The van der Waals surface area contributed by atoms with Gasteiger partial charge >= 0.3 is 0 Å². The summed E-state index contributed by atoms with van der Waals surface area (Å²) in [7, 11) is 0. The summed E-state index contributed by atoms with van der Waals surface area (Å²) in [5.41, 5.74) is 6.42. The van der Waals surface area contributed by atoms with E-state index >= 15 is 0 Å².